The molecule has 1 saturated heterocycles. The van der Waals surface area contributed by atoms with E-state index in [0.717, 1.165) is 31.5 Å². The number of piperidine rings is 1. The van der Waals surface area contributed by atoms with Crippen LogP contribution in [0.25, 0.3) is 0 Å². The summed E-state index contributed by atoms with van der Waals surface area (Å²) in [5, 5.41) is 4.55. The first kappa shape index (κ1) is 13.2. The zero-order valence-corrected chi connectivity index (χ0v) is 11.8. The van der Waals surface area contributed by atoms with E-state index in [4.69, 9.17) is 16.4 Å². The summed E-state index contributed by atoms with van der Waals surface area (Å²) in [6.45, 7) is 1.95. The Kier molecular flexibility index (Phi) is 3.74. The maximum atomic E-state index is 11.8. The molecule has 0 radical (unpaired) electrons. The predicted molar refractivity (Wildman–Crippen MR) is 77.6 cm³/mol. The zero-order chi connectivity index (χ0) is 13.9. The van der Waals surface area contributed by atoms with Gasteiger partial charge in [-0.3, -0.25) is 0 Å². The topological polar surface area (TPSA) is 41.9 Å². The van der Waals surface area contributed by atoms with Crippen LogP contribution in [0.1, 0.15) is 24.8 Å². The van der Waals surface area contributed by atoms with Crippen molar-refractivity contribution in [3.63, 3.8) is 0 Å². The number of halogens is 1. The van der Waals surface area contributed by atoms with E-state index in [1.807, 2.05) is 18.3 Å². The number of nitrogens with zero attached hydrogens (tertiary/aromatic N) is 2. The molecule has 1 aromatic rings. The minimum Gasteiger partial charge on any atom is -0.377 e. The Morgan fingerprint density at radius 1 is 1.15 bits per heavy atom. The molecule has 0 bridgehead atoms. The summed E-state index contributed by atoms with van der Waals surface area (Å²) in [5.74, 6) is -0.388. The van der Waals surface area contributed by atoms with Crippen LogP contribution < -0.4 is 0 Å². The van der Waals surface area contributed by atoms with E-state index in [-0.39, 0.29) is 5.97 Å². The number of likely N-dealkylation sites (tertiary alicyclic amines) is 1. The average molecular weight is 291 g/mol. The first-order valence-electron chi connectivity index (χ1n) is 6.75. The second kappa shape index (κ2) is 5.67. The summed E-state index contributed by atoms with van der Waals surface area (Å²) in [4.78, 5) is 18.8. The van der Waals surface area contributed by atoms with E-state index in [1.54, 1.807) is 12.1 Å². The maximum absolute atomic E-state index is 11.8. The van der Waals surface area contributed by atoms with Crippen LogP contribution in [-0.4, -0.2) is 29.7 Å². The van der Waals surface area contributed by atoms with Crippen LogP contribution in [-0.2, 0) is 9.63 Å². The molecule has 0 N–H and O–H groups in total. The third-order valence-electron chi connectivity index (χ3n) is 3.51. The van der Waals surface area contributed by atoms with Gasteiger partial charge in [0.2, 0.25) is 0 Å². The highest BCUT2D eigenvalue weighted by Gasteiger charge is 2.27. The van der Waals surface area contributed by atoms with Crippen LogP contribution in [0, 0.1) is 0 Å². The van der Waals surface area contributed by atoms with Gasteiger partial charge in [-0.15, -0.1) is 0 Å². The van der Waals surface area contributed by atoms with Crippen molar-refractivity contribution in [1.29, 1.82) is 0 Å². The van der Waals surface area contributed by atoms with E-state index < -0.39 is 0 Å². The number of hydrogen-bond acceptors (Lipinski definition) is 4. The summed E-state index contributed by atoms with van der Waals surface area (Å²) in [6, 6.07) is 7.24. The fourth-order valence-electron chi connectivity index (χ4n) is 2.44. The van der Waals surface area contributed by atoms with Gasteiger partial charge in [-0.2, -0.15) is 0 Å². The molecular formula is C15H15ClN2O2. The molecule has 0 saturated carbocycles. The van der Waals surface area contributed by atoms with Gasteiger partial charge < -0.3 is 9.74 Å². The van der Waals surface area contributed by atoms with E-state index in [0.29, 0.717) is 16.3 Å². The number of oxime groups is 1. The Bertz CT molecular complexity index is 572. The van der Waals surface area contributed by atoms with Gasteiger partial charge in [0.15, 0.2) is 0 Å². The summed E-state index contributed by atoms with van der Waals surface area (Å²) >= 11 is 5.88. The molecule has 104 valence electrons. The normalized spacial score (nSPS) is 21.1. The Morgan fingerprint density at radius 3 is 2.55 bits per heavy atom. The predicted octanol–water partition coefficient (Wildman–Crippen LogP) is 2.97. The van der Waals surface area contributed by atoms with Gasteiger partial charge in [0.25, 0.3) is 0 Å². The molecule has 2 heterocycles. The minimum absolute atomic E-state index is 0.388. The number of benzene rings is 1. The van der Waals surface area contributed by atoms with Gasteiger partial charge in [-0.05, 0) is 31.4 Å². The van der Waals surface area contributed by atoms with E-state index in [2.05, 4.69) is 10.1 Å². The average Bonchev–Trinajstić information content (AvgIpc) is 2.83. The molecule has 0 aromatic heterocycles. The fraction of sp³-hybridized carbons (Fsp3) is 0.333. The van der Waals surface area contributed by atoms with Gasteiger partial charge in [-0.1, -0.05) is 28.9 Å². The summed E-state index contributed by atoms with van der Waals surface area (Å²) in [5.41, 5.74) is 1.94. The number of hydrogen-bond donors (Lipinski definition) is 0. The third kappa shape index (κ3) is 2.70. The highest BCUT2D eigenvalue weighted by atomic mass is 35.5. The van der Waals surface area contributed by atoms with Crippen molar-refractivity contribution in [2.75, 3.05) is 13.1 Å². The number of rotatable bonds is 2. The van der Waals surface area contributed by atoms with Crippen LogP contribution >= 0.6 is 11.6 Å². The third-order valence-corrected chi connectivity index (χ3v) is 3.77. The highest BCUT2D eigenvalue weighted by molar-refractivity contribution is 6.31. The van der Waals surface area contributed by atoms with Crippen molar-refractivity contribution >= 4 is 23.3 Å². The van der Waals surface area contributed by atoms with Gasteiger partial charge in [0, 0.05) is 29.9 Å². The second-order valence-corrected chi connectivity index (χ2v) is 5.40. The molecule has 0 amide bonds. The Morgan fingerprint density at radius 2 is 1.85 bits per heavy atom. The van der Waals surface area contributed by atoms with E-state index >= 15 is 0 Å². The zero-order valence-electron chi connectivity index (χ0n) is 11.0. The quantitative estimate of drug-likeness (QED) is 0.621. The number of carbonyl (C=O) groups is 1. The number of carbonyl (C=O) groups excluding carboxylic acids is 1. The molecule has 5 heteroatoms. The molecule has 2 aliphatic rings. The van der Waals surface area contributed by atoms with E-state index in [1.165, 1.54) is 6.42 Å². The minimum atomic E-state index is -0.388. The Labute approximate surface area is 122 Å². The molecule has 0 aliphatic carbocycles. The Balaban J connectivity index is 1.87. The lowest BCUT2D eigenvalue weighted by atomic mass is 10.0. The standard InChI is InChI=1S/C15H15ClN2O2/c16-12-6-4-11(5-7-12)14-13(15(19)20-17-14)10-18-8-2-1-3-9-18/h4-7,10H,1-3,8-9H2. The van der Waals surface area contributed by atoms with Gasteiger partial charge in [0.05, 0.1) is 0 Å². The smallest absolute Gasteiger partial charge is 0.369 e. The lowest BCUT2D eigenvalue weighted by Gasteiger charge is -2.25. The van der Waals surface area contributed by atoms with Crippen molar-refractivity contribution in [2.24, 2.45) is 5.16 Å². The molecule has 2 aliphatic heterocycles. The molecule has 0 atom stereocenters. The lowest BCUT2D eigenvalue weighted by Crippen LogP contribution is -2.26. The fourth-order valence-corrected chi connectivity index (χ4v) is 2.57. The van der Waals surface area contributed by atoms with Crippen LogP contribution in [0.3, 0.4) is 0 Å². The van der Waals surface area contributed by atoms with Crippen LogP contribution in [0.5, 0.6) is 0 Å². The van der Waals surface area contributed by atoms with Crippen molar-refractivity contribution in [3.05, 3.63) is 46.6 Å². The molecular weight excluding hydrogens is 276 g/mol. The van der Waals surface area contributed by atoms with Gasteiger partial charge >= 0.3 is 5.97 Å². The molecule has 4 nitrogen and oxygen atoms in total. The first-order chi connectivity index (χ1) is 9.74. The maximum Gasteiger partial charge on any atom is 0.369 e. The molecule has 20 heavy (non-hydrogen) atoms. The first-order valence-corrected chi connectivity index (χ1v) is 7.13. The highest BCUT2D eigenvalue weighted by Crippen LogP contribution is 2.21. The second-order valence-electron chi connectivity index (χ2n) is 4.96. The Hall–Kier alpha value is -1.81. The molecule has 0 spiro atoms. The van der Waals surface area contributed by atoms with Crippen LogP contribution in [0.2, 0.25) is 5.02 Å². The SMILES string of the molecule is O=C1ON=C(c2ccc(Cl)cc2)C1=CN1CCCCC1. The molecule has 1 fully saturated rings. The lowest BCUT2D eigenvalue weighted by molar-refractivity contribution is -0.136. The molecule has 0 unspecified atom stereocenters. The molecule has 3 rings (SSSR count). The van der Waals surface area contributed by atoms with Gasteiger partial charge in [-0.25, -0.2) is 4.79 Å². The van der Waals surface area contributed by atoms with Crippen molar-refractivity contribution < 1.29 is 9.63 Å². The van der Waals surface area contributed by atoms with E-state index in [9.17, 15) is 4.79 Å². The van der Waals surface area contributed by atoms with Crippen molar-refractivity contribution in [2.45, 2.75) is 19.3 Å². The van der Waals surface area contributed by atoms with Crippen LogP contribution in [0.4, 0.5) is 0 Å². The van der Waals surface area contributed by atoms with Crippen molar-refractivity contribution in [3.8, 4) is 0 Å². The van der Waals surface area contributed by atoms with Crippen LogP contribution in [0.15, 0.2) is 41.2 Å². The van der Waals surface area contributed by atoms with Crippen molar-refractivity contribution in [1.82, 2.24) is 4.90 Å². The van der Waals surface area contributed by atoms with Gasteiger partial charge in [0.1, 0.15) is 11.3 Å². The monoisotopic (exact) mass is 290 g/mol. The summed E-state index contributed by atoms with van der Waals surface area (Å²) in [7, 11) is 0. The molecule has 1 aromatic carbocycles. The summed E-state index contributed by atoms with van der Waals surface area (Å²) in [6.07, 6.45) is 5.45. The largest absolute Gasteiger partial charge is 0.377 e. The summed E-state index contributed by atoms with van der Waals surface area (Å²) < 4.78 is 0.